The second-order valence-corrected chi connectivity index (χ2v) is 9.17. The Bertz CT molecular complexity index is 1200. The Labute approximate surface area is 210 Å². The number of carbonyl (C=O) groups is 3. The molecule has 8 nitrogen and oxygen atoms in total. The number of rotatable bonds is 7. The first-order valence-corrected chi connectivity index (χ1v) is 12.2. The summed E-state index contributed by atoms with van der Waals surface area (Å²) in [6, 6.07) is 19.3. The number of hydrogen-bond acceptors (Lipinski definition) is 6. The minimum atomic E-state index is -0.872. The van der Waals surface area contributed by atoms with Gasteiger partial charge in [-0.05, 0) is 54.8 Å². The van der Waals surface area contributed by atoms with Gasteiger partial charge in [0.2, 0.25) is 5.91 Å². The van der Waals surface area contributed by atoms with E-state index in [1.807, 2.05) is 18.2 Å². The van der Waals surface area contributed by atoms with Crippen molar-refractivity contribution in [3.05, 3.63) is 84.3 Å². The molecule has 0 radical (unpaired) electrons. The fourth-order valence-corrected chi connectivity index (χ4v) is 5.12. The molecule has 186 valence electrons. The average molecular weight is 488 g/mol. The van der Waals surface area contributed by atoms with Crippen molar-refractivity contribution in [3.63, 3.8) is 0 Å². The molecule has 2 aliphatic heterocycles. The van der Waals surface area contributed by atoms with E-state index in [2.05, 4.69) is 17.0 Å². The van der Waals surface area contributed by atoms with E-state index in [-0.39, 0.29) is 30.0 Å². The SMILES string of the molecule is COc1ccc(N2C(=O)CC(N(C(=O)c3ccco3)C3CCN(Cc4ccccc4)CC3)C2=O)cc1. The van der Waals surface area contributed by atoms with Gasteiger partial charge in [-0.25, -0.2) is 4.90 Å². The van der Waals surface area contributed by atoms with Crippen LogP contribution in [0.4, 0.5) is 5.69 Å². The van der Waals surface area contributed by atoms with Gasteiger partial charge < -0.3 is 14.1 Å². The Kier molecular flexibility index (Phi) is 6.86. The predicted molar refractivity (Wildman–Crippen MR) is 134 cm³/mol. The molecule has 1 aromatic heterocycles. The fourth-order valence-electron chi connectivity index (χ4n) is 5.12. The third-order valence-electron chi connectivity index (χ3n) is 6.96. The summed E-state index contributed by atoms with van der Waals surface area (Å²) < 4.78 is 10.6. The molecule has 8 heteroatoms. The van der Waals surface area contributed by atoms with Gasteiger partial charge in [0.05, 0.1) is 25.5 Å². The van der Waals surface area contributed by atoms with Gasteiger partial charge in [0.1, 0.15) is 11.8 Å². The van der Waals surface area contributed by atoms with Gasteiger partial charge in [0.15, 0.2) is 5.76 Å². The number of likely N-dealkylation sites (tertiary alicyclic amines) is 1. The first-order chi connectivity index (χ1) is 17.5. The van der Waals surface area contributed by atoms with Crippen molar-refractivity contribution in [2.45, 2.75) is 37.9 Å². The summed E-state index contributed by atoms with van der Waals surface area (Å²) in [6.07, 6.45) is 2.81. The van der Waals surface area contributed by atoms with Crippen molar-refractivity contribution in [1.29, 1.82) is 0 Å². The van der Waals surface area contributed by atoms with Gasteiger partial charge >= 0.3 is 0 Å². The molecule has 36 heavy (non-hydrogen) atoms. The Balaban J connectivity index is 1.36. The number of hydrogen-bond donors (Lipinski definition) is 0. The molecule has 1 atom stereocenters. The number of anilines is 1. The maximum atomic E-state index is 13.6. The van der Waals surface area contributed by atoms with Crippen molar-refractivity contribution >= 4 is 23.4 Å². The molecule has 2 aromatic carbocycles. The molecule has 2 fully saturated rings. The van der Waals surface area contributed by atoms with E-state index >= 15 is 0 Å². The van der Waals surface area contributed by atoms with E-state index in [1.165, 1.54) is 16.7 Å². The molecule has 2 saturated heterocycles. The maximum Gasteiger partial charge on any atom is 0.290 e. The van der Waals surface area contributed by atoms with E-state index < -0.39 is 11.9 Å². The largest absolute Gasteiger partial charge is 0.497 e. The zero-order valence-corrected chi connectivity index (χ0v) is 20.2. The summed E-state index contributed by atoms with van der Waals surface area (Å²) in [5.41, 5.74) is 1.71. The molecule has 0 aliphatic carbocycles. The normalized spacial score (nSPS) is 19.0. The average Bonchev–Trinajstić information content (AvgIpc) is 3.54. The monoisotopic (exact) mass is 487 g/mol. The first-order valence-electron chi connectivity index (χ1n) is 12.2. The molecule has 0 N–H and O–H groups in total. The number of methoxy groups -OCH3 is 1. The highest BCUT2D eigenvalue weighted by molar-refractivity contribution is 6.23. The molecule has 3 aromatic rings. The smallest absolute Gasteiger partial charge is 0.290 e. The number of ether oxygens (including phenoxy) is 1. The highest BCUT2D eigenvalue weighted by atomic mass is 16.5. The standard InChI is InChI=1S/C28H29N3O5/c1-35-23-11-9-21(10-12-23)31-26(32)18-24(27(31)33)30(28(34)25-8-5-17-36-25)22-13-15-29(16-14-22)19-20-6-3-2-4-7-20/h2-12,17,22,24H,13-16,18-19H2,1H3. The highest BCUT2D eigenvalue weighted by Gasteiger charge is 2.47. The minimum Gasteiger partial charge on any atom is -0.497 e. The summed E-state index contributed by atoms with van der Waals surface area (Å²) in [6.45, 7) is 2.42. The van der Waals surface area contributed by atoms with Crippen LogP contribution in [0.15, 0.2) is 77.4 Å². The van der Waals surface area contributed by atoms with Crippen LogP contribution in [0.1, 0.15) is 35.4 Å². The lowest BCUT2D eigenvalue weighted by atomic mass is 9.99. The second kappa shape index (κ2) is 10.4. The summed E-state index contributed by atoms with van der Waals surface area (Å²) in [7, 11) is 1.56. The fraction of sp³-hybridized carbons (Fsp3) is 0.321. The third-order valence-corrected chi connectivity index (χ3v) is 6.96. The zero-order valence-electron chi connectivity index (χ0n) is 20.2. The van der Waals surface area contributed by atoms with E-state index in [9.17, 15) is 14.4 Å². The van der Waals surface area contributed by atoms with Crippen molar-refractivity contribution in [2.75, 3.05) is 25.1 Å². The number of furan rings is 1. The number of nitrogens with zero attached hydrogens (tertiary/aromatic N) is 3. The Morgan fingerprint density at radius 2 is 1.72 bits per heavy atom. The maximum absolute atomic E-state index is 13.6. The molecular weight excluding hydrogens is 458 g/mol. The van der Waals surface area contributed by atoms with Crippen LogP contribution < -0.4 is 9.64 Å². The lowest BCUT2D eigenvalue weighted by Gasteiger charge is -2.40. The molecule has 0 bridgehead atoms. The first kappa shape index (κ1) is 23.8. The van der Waals surface area contributed by atoms with Crippen LogP contribution in [-0.2, 0) is 16.1 Å². The minimum absolute atomic E-state index is 0.0540. The summed E-state index contributed by atoms with van der Waals surface area (Å²) in [5.74, 6) is -0.272. The lowest BCUT2D eigenvalue weighted by molar-refractivity contribution is -0.123. The summed E-state index contributed by atoms with van der Waals surface area (Å²) in [5, 5.41) is 0. The van der Waals surface area contributed by atoms with Crippen LogP contribution in [0.3, 0.4) is 0 Å². The van der Waals surface area contributed by atoms with E-state index in [1.54, 1.807) is 48.4 Å². The predicted octanol–water partition coefficient (Wildman–Crippen LogP) is 3.73. The number of benzene rings is 2. The van der Waals surface area contributed by atoms with Crippen molar-refractivity contribution in [2.24, 2.45) is 0 Å². The quantitative estimate of drug-likeness (QED) is 0.473. The van der Waals surface area contributed by atoms with Crippen molar-refractivity contribution in [1.82, 2.24) is 9.80 Å². The van der Waals surface area contributed by atoms with Crippen molar-refractivity contribution in [3.8, 4) is 5.75 Å². The van der Waals surface area contributed by atoms with Crippen molar-refractivity contribution < 1.29 is 23.5 Å². The van der Waals surface area contributed by atoms with Gasteiger partial charge in [0.25, 0.3) is 11.8 Å². The molecule has 2 aliphatic rings. The van der Waals surface area contributed by atoms with E-state index in [4.69, 9.17) is 9.15 Å². The van der Waals surface area contributed by atoms with Gasteiger partial charge in [-0.1, -0.05) is 30.3 Å². The number of imide groups is 1. The van der Waals surface area contributed by atoms with Gasteiger partial charge in [-0.2, -0.15) is 0 Å². The van der Waals surface area contributed by atoms with Gasteiger partial charge in [-0.15, -0.1) is 0 Å². The van der Waals surface area contributed by atoms with E-state index in [0.717, 1.165) is 19.6 Å². The van der Waals surface area contributed by atoms with Crippen LogP contribution in [0.2, 0.25) is 0 Å². The number of amides is 3. The third kappa shape index (κ3) is 4.77. The molecule has 0 spiro atoms. The Morgan fingerprint density at radius 1 is 1.00 bits per heavy atom. The van der Waals surface area contributed by atoms with E-state index in [0.29, 0.717) is 24.3 Å². The van der Waals surface area contributed by atoms with Gasteiger partial charge in [-0.3, -0.25) is 19.3 Å². The summed E-state index contributed by atoms with van der Waals surface area (Å²) >= 11 is 0. The topological polar surface area (TPSA) is 83.3 Å². The molecule has 3 amide bonds. The van der Waals surface area contributed by atoms with Gasteiger partial charge in [0, 0.05) is 25.7 Å². The molecule has 1 unspecified atom stereocenters. The summed E-state index contributed by atoms with van der Waals surface area (Å²) in [4.78, 5) is 45.3. The molecule has 3 heterocycles. The molecule has 5 rings (SSSR count). The molecule has 0 saturated carbocycles. The van der Waals surface area contributed by atoms with Crippen LogP contribution in [0.25, 0.3) is 0 Å². The van der Waals surface area contributed by atoms with Crippen LogP contribution in [0, 0.1) is 0 Å². The van der Waals surface area contributed by atoms with Crippen LogP contribution >= 0.6 is 0 Å². The zero-order chi connectivity index (χ0) is 25.1. The molecular formula is C28H29N3O5. The second-order valence-electron chi connectivity index (χ2n) is 9.17. The Morgan fingerprint density at radius 3 is 2.36 bits per heavy atom. The lowest BCUT2D eigenvalue weighted by Crippen LogP contribution is -2.54. The van der Waals surface area contributed by atoms with Crippen LogP contribution in [-0.4, -0.2) is 59.8 Å². The number of carbonyl (C=O) groups excluding carboxylic acids is 3. The Hall–Kier alpha value is -3.91. The van der Waals surface area contributed by atoms with Crippen LogP contribution in [0.5, 0.6) is 5.75 Å². The highest BCUT2D eigenvalue weighted by Crippen LogP contribution is 2.31. The number of piperidine rings is 1.